The maximum absolute atomic E-state index is 13.1. The van der Waals surface area contributed by atoms with Gasteiger partial charge >= 0.3 is 0 Å². The minimum Gasteiger partial charge on any atom is -0.383 e. The van der Waals surface area contributed by atoms with Crippen molar-refractivity contribution in [1.29, 1.82) is 0 Å². The molecule has 4 rings (SSSR count). The van der Waals surface area contributed by atoms with Crippen molar-refractivity contribution in [2.75, 3.05) is 38.3 Å². The predicted molar refractivity (Wildman–Crippen MR) is 123 cm³/mol. The quantitative estimate of drug-likeness (QED) is 0.494. The lowest BCUT2D eigenvalue weighted by molar-refractivity contribution is -0.131. The monoisotopic (exact) mass is 454 g/mol. The van der Waals surface area contributed by atoms with Crippen molar-refractivity contribution in [1.82, 2.24) is 14.3 Å². The molecule has 1 aromatic heterocycles. The van der Waals surface area contributed by atoms with Gasteiger partial charge in [-0.1, -0.05) is 36.4 Å². The number of fused-ring (bicyclic) bond motifs is 1. The van der Waals surface area contributed by atoms with E-state index in [1.54, 1.807) is 19.2 Å². The highest BCUT2D eigenvalue weighted by molar-refractivity contribution is 7.09. The normalized spacial score (nSPS) is 13.1. The van der Waals surface area contributed by atoms with Gasteiger partial charge in [-0.05, 0) is 35.2 Å². The molecule has 0 fully saturated rings. The largest absolute Gasteiger partial charge is 0.383 e. The second-order valence-electron chi connectivity index (χ2n) is 7.86. The molecule has 168 valence electrons. The van der Waals surface area contributed by atoms with E-state index in [9.17, 15) is 9.18 Å². The maximum atomic E-state index is 13.1. The fourth-order valence-electron chi connectivity index (χ4n) is 3.83. The maximum Gasteiger partial charge on any atom is 0.224 e. The molecular weight excluding hydrogens is 427 g/mol. The molecule has 0 radical (unpaired) electrons. The molecule has 0 atom stereocenters. The third kappa shape index (κ3) is 5.69. The summed E-state index contributed by atoms with van der Waals surface area (Å²) >= 11 is 1.32. The summed E-state index contributed by atoms with van der Waals surface area (Å²) in [7, 11) is 1.66. The average Bonchev–Trinajstić information content (AvgIpc) is 3.28. The van der Waals surface area contributed by atoms with Gasteiger partial charge in [-0.15, -0.1) is 0 Å². The lowest BCUT2D eigenvalue weighted by atomic mass is 10.00. The Morgan fingerprint density at radius 3 is 2.72 bits per heavy atom. The number of hydrogen-bond donors (Lipinski definition) is 0. The van der Waals surface area contributed by atoms with Gasteiger partial charge < -0.3 is 14.5 Å². The number of nitrogens with zero attached hydrogens (tertiary/aromatic N) is 4. The number of carbonyl (C=O) groups is 1. The molecule has 1 aliphatic heterocycles. The van der Waals surface area contributed by atoms with Crippen LogP contribution in [0.2, 0.25) is 0 Å². The molecule has 0 bridgehead atoms. The molecule has 0 spiro atoms. The summed E-state index contributed by atoms with van der Waals surface area (Å²) in [4.78, 5) is 21.6. The van der Waals surface area contributed by atoms with Crippen molar-refractivity contribution in [3.05, 3.63) is 76.9 Å². The summed E-state index contributed by atoms with van der Waals surface area (Å²) in [6.45, 7) is 3.17. The first-order chi connectivity index (χ1) is 15.6. The van der Waals surface area contributed by atoms with Gasteiger partial charge in [0.15, 0.2) is 0 Å². The zero-order valence-corrected chi connectivity index (χ0v) is 19.0. The van der Waals surface area contributed by atoms with Crippen LogP contribution in [0.3, 0.4) is 0 Å². The summed E-state index contributed by atoms with van der Waals surface area (Å²) in [6, 6.07) is 14.7. The summed E-state index contributed by atoms with van der Waals surface area (Å²) < 4.78 is 22.9. The summed E-state index contributed by atoms with van der Waals surface area (Å²) in [6.07, 6.45) is 1.86. The van der Waals surface area contributed by atoms with Crippen LogP contribution >= 0.6 is 11.5 Å². The van der Waals surface area contributed by atoms with Crippen LogP contribution in [0, 0.1) is 5.82 Å². The van der Waals surface area contributed by atoms with Crippen LogP contribution in [0.1, 0.15) is 28.9 Å². The molecule has 0 saturated heterocycles. The van der Waals surface area contributed by atoms with Crippen molar-refractivity contribution in [3.63, 3.8) is 0 Å². The van der Waals surface area contributed by atoms with Gasteiger partial charge in [-0.25, -0.2) is 9.37 Å². The van der Waals surface area contributed by atoms with E-state index >= 15 is 0 Å². The minimum absolute atomic E-state index is 0.151. The molecule has 2 heterocycles. The van der Waals surface area contributed by atoms with Crippen molar-refractivity contribution in [3.8, 4) is 0 Å². The van der Waals surface area contributed by atoms with Gasteiger partial charge in [0, 0.05) is 57.7 Å². The second kappa shape index (κ2) is 10.7. The third-order valence-corrected chi connectivity index (χ3v) is 6.46. The number of hydrogen-bond acceptors (Lipinski definition) is 6. The van der Waals surface area contributed by atoms with E-state index in [4.69, 9.17) is 4.74 Å². The van der Waals surface area contributed by atoms with Crippen LogP contribution < -0.4 is 4.90 Å². The first-order valence-corrected chi connectivity index (χ1v) is 11.5. The highest BCUT2D eigenvalue weighted by Crippen LogP contribution is 2.22. The van der Waals surface area contributed by atoms with Crippen molar-refractivity contribution >= 4 is 22.6 Å². The Bertz CT molecular complexity index is 1040. The number of halogens is 1. The second-order valence-corrected chi connectivity index (χ2v) is 8.59. The SMILES string of the molecule is COCCN(CCC(=O)N1CCc2ccccc2C1)c1nc(Cc2ccc(F)cc2)ns1. The Hall–Kier alpha value is -2.84. The Balaban J connectivity index is 1.37. The predicted octanol–water partition coefficient (Wildman–Crippen LogP) is 3.70. The van der Waals surface area contributed by atoms with Gasteiger partial charge in [-0.2, -0.15) is 4.37 Å². The first-order valence-electron chi connectivity index (χ1n) is 10.8. The number of ether oxygens (including phenoxy) is 1. The molecule has 1 aliphatic rings. The molecule has 0 unspecified atom stereocenters. The van der Waals surface area contributed by atoms with Crippen molar-refractivity contribution < 1.29 is 13.9 Å². The highest BCUT2D eigenvalue weighted by atomic mass is 32.1. The Labute approximate surface area is 191 Å². The molecule has 6 nitrogen and oxygen atoms in total. The standard InChI is InChI=1S/C24H27FN4O2S/c1-31-15-14-28(24-26-22(27-32-24)16-18-6-8-21(25)9-7-18)13-11-23(30)29-12-10-19-4-2-3-5-20(19)17-29/h2-9H,10-17H2,1H3. The first kappa shape index (κ1) is 22.4. The molecule has 8 heteroatoms. The fraction of sp³-hybridized carbons (Fsp3) is 0.375. The van der Waals surface area contributed by atoms with Gasteiger partial charge in [-0.3, -0.25) is 4.79 Å². The van der Waals surface area contributed by atoms with E-state index in [2.05, 4.69) is 32.5 Å². The van der Waals surface area contributed by atoms with Gasteiger partial charge in [0.05, 0.1) is 6.61 Å². The lowest BCUT2D eigenvalue weighted by Gasteiger charge is -2.30. The number of methoxy groups -OCH3 is 1. The molecule has 32 heavy (non-hydrogen) atoms. The van der Waals surface area contributed by atoms with E-state index < -0.39 is 0 Å². The average molecular weight is 455 g/mol. The van der Waals surface area contributed by atoms with Crippen LogP contribution in [-0.2, 0) is 28.9 Å². The van der Waals surface area contributed by atoms with Gasteiger partial charge in [0.1, 0.15) is 11.6 Å². The fourth-order valence-corrected chi connectivity index (χ4v) is 4.57. The zero-order chi connectivity index (χ0) is 22.3. The summed E-state index contributed by atoms with van der Waals surface area (Å²) in [5.41, 5.74) is 3.53. The number of benzene rings is 2. The highest BCUT2D eigenvalue weighted by Gasteiger charge is 2.22. The van der Waals surface area contributed by atoms with Gasteiger partial charge in [0.25, 0.3) is 0 Å². The lowest BCUT2D eigenvalue weighted by Crippen LogP contribution is -2.38. The number of rotatable bonds is 9. The van der Waals surface area contributed by atoms with E-state index in [1.165, 1.54) is 34.8 Å². The number of aromatic nitrogens is 2. The summed E-state index contributed by atoms with van der Waals surface area (Å²) in [5, 5.41) is 0.774. The zero-order valence-electron chi connectivity index (χ0n) is 18.2. The van der Waals surface area contributed by atoms with E-state index in [0.29, 0.717) is 44.9 Å². The van der Waals surface area contributed by atoms with Gasteiger partial charge in [0.2, 0.25) is 11.0 Å². The van der Waals surface area contributed by atoms with Crippen LogP contribution in [0.15, 0.2) is 48.5 Å². The molecule has 0 saturated carbocycles. The molecule has 3 aromatic rings. The summed E-state index contributed by atoms with van der Waals surface area (Å²) in [5.74, 6) is 0.587. The molecule has 1 amide bonds. The molecular formula is C24H27FN4O2S. The smallest absolute Gasteiger partial charge is 0.224 e. The third-order valence-electron chi connectivity index (χ3n) is 5.65. The van der Waals surface area contributed by atoms with Crippen LogP contribution in [-0.4, -0.2) is 53.5 Å². The molecule has 2 aromatic carbocycles. The van der Waals surface area contributed by atoms with Crippen LogP contribution in [0.4, 0.5) is 9.52 Å². The van der Waals surface area contributed by atoms with Crippen molar-refractivity contribution in [2.45, 2.75) is 25.8 Å². The minimum atomic E-state index is -0.256. The topological polar surface area (TPSA) is 58.6 Å². The Morgan fingerprint density at radius 2 is 1.94 bits per heavy atom. The Morgan fingerprint density at radius 1 is 1.16 bits per heavy atom. The van der Waals surface area contributed by atoms with E-state index in [-0.39, 0.29) is 11.7 Å². The van der Waals surface area contributed by atoms with E-state index in [1.807, 2.05) is 11.0 Å². The van der Waals surface area contributed by atoms with Crippen molar-refractivity contribution in [2.24, 2.45) is 0 Å². The van der Waals surface area contributed by atoms with E-state index in [0.717, 1.165) is 23.7 Å². The van der Waals surface area contributed by atoms with Crippen LogP contribution in [0.5, 0.6) is 0 Å². The number of anilines is 1. The number of amides is 1. The molecule has 0 N–H and O–H groups in total. The van der Waals surface area contributed by atoms with Crippen LogP contribution in [0.25, 0.3) is 0 Å². The number of carbonyl (C=O) groups excluding carboxylic acids is 1. The Kier molecular flexibility index (Phi) is 7.44. The molecule has 0 aliphatic carbocycles.